The average molecular weight is 491 g/mol. The number of benzene rings is 1. The molecule has 1 aliphatic rings. The fraction of sp³-hybridized carbons (Fsp3) is 0.333. The van der Waals surface area contributed by atoms with Gasteiger partial charge in [0.1, 0.15) is 5.65 Å². The second-order valence-corrected chi connectivity index (χ2v) is 10.5. The van der Waals surface area contributed by atoms with Crippen LogP contribution in [0.25, 0.3) is 11.0 Å². The van der Waals surface area contributed by atoms with E-state index in [1.165, 1.54) is 24.7 Å². The molecule has 7 nitrogen and oxygen atoms in total. The molecule has 1 aromatic carbocycles. The van der Waals surface area contributed by atoms with Gasteiger partial charge in [-0.3, -0.25) is 4.79 Å². The first-order chi connectivity index (χ1) is 14.4. The monoisotopic (exact) mass is 490 g/mol. The van der Waals surface area contributed by atoms with Gasteiger partial charge in [-0.1, -0.05) is 15.9 Å². The highest BCUT2D eigenvalue weighted by Crippen LogP contribution is 2.32. The van der Waals surface area contributed by atoms with Crippen molar-refractivity contribution in [2.75, 3.05) is 26.7 Å². The summed E-state index contributed by atoms with van der Waals surface area (Å²) in [5.41, 5.74) is 2.12. The minimum atomic E-state index is -3.71. The van der Waals surface area contributed by atoms with E-state index in [9.17, 15) is 13.2 Å². The lowest BCUT2D eigenvalue weighted by Gasteiger charge is -2.33. The van der Waals surface area contributed by atoms with Crippen molar-refractivity contribution in [3.8, 4) is 0 Å². The summed E-state index contributed by atoms with van der Waals surface area (Å²) in [5.74, 6) is 0.188. The van der Waals surface area contributed by atoms with Crippen LogP contribution >= 0.6 is 15.9 Å². The summed E-state index contributed by atoms with van der Waals surface area (Å²) in [5, 5.41) is 1.13. The third-order valence-electron chi connectivity index (χ3n) is 5.65. The van der Waals surface area contributed by atoms with Crippen molar-refractivity contribution < 1.29 is 13.2 Å². The highest BCUT2D eigenvalue weighted by molar-refractivity contribution is 9.10. The molecule has 4 rings (SSSR count). The molecule has 30 heavy (non-hydrogen) atoms. The van der Waals surface area contributed by atoms with Crippen LogP contribution in [0.5, 0.6) is 0 Å². The van der Waals surface area contributed by atoms with Crippen LogP contribution in [0.15, 0.2) is 58.2 Å². The molecule has 9 heteroatoms. The molecule has 1 aliphatic heterocycles. The molecule has 1 fully saturated rings. The lowest BCUT2D eigenvalue weighted by molar-refractivity contribution is -0.132. The molecule has 3 heterocycles. The average Bonchev–Trinajstić information content (AvgIpc) is 3.18. The van der Waals surface area contributed by atoms with Gasteiger partial charge >= 0.3 is 0 Å². The van der Waals surface area contributed by atoms with E-state index in [1.54, 1.807) is 23.2 Å². The number of nitrogens with zero attached hydrogens (tertiary/aromatic N) is 3. The summed E-state index contributed by atoms with van der Waals surface area (Å²) < 4.78 is 27.4. The van der Waals surface area contributed by atoms with E-state index < -0.39 is 10.0 Å². The maximum atomic E-state index is 12.7. The highest BCUT2D eigenvalue weighted by atomic mass is 79.9. The molecule has 1 N–H and O–H groups in total. The Hall–Kier alpha value is -2.23. The Bertz CT molecular complexity index is 1150. The van der Waals surface area contributed by atoms with Gasteiger partial charge in [0.05, 0.1) is 11.4 Å². The van der Waals surface area contributed by atoms with E-state index in [0.29, 0.717) is 19.0 Å². The van der Waals surface area contributed by atoms with Gasteiger partial charge in [0, 0.05) is 42.4 Å². The Morgan fingerprint density at radius 3 is 2.63 bits per heavy atom. The minimum absolute atomic E-state index is 0.167. The van der Waals surface area contributed by atoms with Crippen LogP contribution in [0, 0.1) is 0 Å². The number of pyridine rings is 1. The predicted molar refractivity (Wildman–Crippen MR) is 119 cm³/mol. The number of likely N-dealkylation sites (N-methyl/N-ethyl adjacent to an activating group) is 1. The molecular formula is C21H23BrN4O3S. The summed E-state index contributed by atoms with van der Waals surface area (Å²) >= 11 is 3.30. The number of halogens is 1. The number of nitrogens with one attached hydrogen (secondary N) is 1. The van der Waals surface area contributed by atoms with Gasteiger partial charge in [-0.15, -0.1) is 0 Å². The van der Waals surface area contributed by atoms with Gasteiger partial charge in [-0.2, -0.15) is 4.31 Å². The molecule has 3 aromatic rings. The van der Waals surface area contributed by atoms with Crippen LogP contribution in [-0.2, 0) is 14.8 Å². The van der Waals surface area contributed by atoms with Crippen LogP contribution in [0.4, 0.5) is 0 Å². The SMILES string of the molecule is CN(CC(=O)N1CCC(c2c[nH]c3ncccc23)CC1)S(=O)(=O)c1ccc(Br)cc1. The molecule has 1 saturated heterocycles. The lowest BCUT2D eigenvalue weighted by atomic mass is 9.89. The standard InChI is InChI=1S/C21H23BrN4O3S/c1-25(30(28,29)17-6-4-16(22)5-7-17)14-20(27)26-11-8-15(9-12-26)19-13-24-21-18(19)3-2-10-23-21/h2-7,10,13,15H,8-9,11-12,14H2,1H3,(H,23,24). The Kier molecular flexibility index (Phi) is 5.95. The fourth-order valence-corrected chi connectivity index (χ4v) is 5.30. The van der Waals surface area contributed by atoms with Gasteiger partial charge in [0.25, 0.3) is 0 Å². The Morgan fingerprint density at radius 1 is 1.23 bits per heavy atom. The van der Waals surface area contributed by atoms with Crippen molar-refractivity contribution in [1.29, 1.82) is 0 Å². The quantitative estimate of drug-likeness (QED) is 0.593. The van der Waals surface area contributed by atoms with E-state index in [0.717, 1.165) is 32.7 Å². The number of fused-ring (bicyclic) bond motifs is 1. The smallest absolute Gasteiger partial charge is 0.243 e. The second-order valence-electron chi connectivity index (χ2n) is 7.51. The summed E-state index contributed by atoms with van der Waals surface area (Å²) in [6, 6.07) is 10.4. The Balaban J connectivity index is 1.38. The van der Waals surface area contributed by atoms with E-state index in [4.69, 9.17) is 0 Å². The molecule has 0 unspecified atom stereocenters. The van der Waals surface area contributed by atoms with Crippen LogP contribution in [0.1, 0.15) is 24.3 Å². The predicted octanol–water partition coefficient (Wildman–Crippen LogP) is 3.35. The number of aromatic amines is 1. The molecule has 158 valence electrons. The number of piperidine rings is 1. The van der Waals surface area contributed by atoms with Crippen molar-refractivity contribution in [3.63, 3.8) is 0 Å². The van der Waals surface area contributed by atoms with Gasteiger partial charge in [0.2, 0.25) is 15.9 Å². The summed E-state index contributed by atoms with van der Waals surface area (Å²) in [7, 11) is -2.26. The van der Waals surface area contributed by atoms with E-state index in [1.807, 2.05) is 12.3 Å². The molecular weight excluding hydrogens is 468 g/mol. The molecule has 0 spiro atoms. The number of carbonyl (C=O) groups excluding carboxylic acids is 1. The normalized spacial score (nSPS) is 15.8. The van der Waals surface area contributed by atoms with Gasteiger partial charge in [0.15, 0.2) is 0 Å². The zero-order valence-electron chi connectivity index (χ0n) is 16.6. The van der Waals surface area contributed by atoms with Crippen molar-refractivity contribution in [2.45, 2.75) is 23.7 Å². The number of hydrogen-bond donors (Lipinski definition) is 1. The van der Waals surface area contributed by atoms with Crippen molar-refractivity contribution in [2.24, 2.45) is 0 Å². The lowest BCUT2D eigenvalue weighted by Crippen LogP contribution is -2.44. The number of likely N-dealkylation sites (tertiary alicyclic amines) is 1. The summed E-state index contributed by atoms with van der Waals surface area (Å²) in [6.45, 7) is 1.06. The Labute approximate surface area is 184 Å². The van der Waals surface area contributed by atoms with Crippen LogP contribution in [0.2, 0.25) is 0 Å². The summed E-state index contributed by atoms with van der Waals surface area (Å²) in [6.07, 6.45) is 5.47. The third-order valence-corrected chi connectivity index (χ3v) is 8.00. The molecule has 0 bridgehead atoms. The van der Waals surface area contributed by atoms with Crippen molar-refractivity contribution in [3.05, 3.63) is 58.8 Å². The molecule has 0 atom stereocenters. The highest BCUT2D eigenvalue weighted by Gasteiger charge is 2.29. The molecule has 1 amide bonds. The molecule has 2 aromatic heterocycles. The first-order valence-corrected chi connectivity index (χ1v) is 12.0. The van der Waals surface area contributed by atoms with E-state index >= 15 is 0 Å². The van der Waals surface area contributed by atoms with Crippen LogP contribution in [0.3, 0.4) is 0 Å². The minimum Gasteiger partial charge on any atom is -0.346 e. The first-order valence-electron chi connectivity index (χ1n) is 9.78. The van der Waals surface area contributed by atoms with Gasteiger partial charge in [-0.05, 0) is 60.7 Å². The first kappa shape index (κ1) is 21.0. The van der Waals surface area contributed by atoms with Gasteiger partial charge in [-0.25, -0.2) is 13.4 Å². The second kappa shape index (κ2) is 8.49. The maximum Gasteiger partial charge on any atom is 0.243 e. The third kappa shape index (κ3) is 4.14. The number of amides is 1. The molecule has 0 saturated carbocycles. The zero-order valence-corrected chi connectivity index (χ0v) is 19.0. The maximum absolute atomic E-state index is 12.7. The number of hydrogen-bond acceptors (Lipinski definition) is 4. The van der Waals surface area contributed by atoms with Crippen LogP contribution < -0.4 is 0 Å². The van der Waals surface area contributed by atoms with Crippen molar-refractivity contribution in [1.82, 2.24) is 19.2 Å². The van der Waals surface area contributed by atoms with E-state index in [2.05, 4.69) is 32.0 Å². The zero-order chi connectivity index (χ0) is 21.3. The van der Waals surface area contributed by atoms with E-state index in [-0.39, 0.29) is 17.3 Å². The Morgan fingerprint density at radius 2 is 1.93 bits per heavy atom. The molecule has 0 aliphatic carbocycles. The number of aromatic nitrogens is 2. The summed E-state index contributed by atoms with van der Waals surface area (Å²) in [4.78, 5) is 22.2. The molecule has 0 radical (unpaired) electrons. The van der Waals surface area contributed by atoms with Gasteiger partial charge < -0.3 is 9.88 Å². The van der Waals surface area contributed by atoms with Crippen molar-refractivity contribution >= 4 is 42.9 Å². The largest absolute Gasteiger partial charge is 0.346 e. The number of H-pyrrole nitrogens is 1. The fourth-order valence-electron chi connectivity index (χ4n) is 3.92. The number of rotatable bonds is 5. The number of carbonyl (C=O) groups is 1. The number of sulfonamides is 1. The topological polar surface area (TPSA) is 86.4 Å². The van der Waals surface area contributed by atoms with Crippen LogP contribution in [-0.4, -0.2) is 60.2 Å².